The summed E-state index contributed by atoms with van der Waals surface area (Å²) >= 11 is 1.29. The minimum absolute atomic E-state index is 0.183. The molecule has 0 radical (unpaired) electrons. The zero-order valence-corrected chi connectivity index (χ0v) is 17.2. The van der Waals surface area contributed by atoms with Gasteiger partial charge in [-0.15, -0.1) is 0 Å². The monoisotopic (exact) mass is 423 g/mol. The molecule has 0 aliphatic heterocycles. The van der Waals surface area contributed by atoms with Gasteiger partial charge >= 0.3 is 0 Å². The molecule has 0 saturated heterocycles. The summed E-state index contributed by atoms with van der Waals surface area (Å²) in [6, 6.07) is 17.5. The second-order valence-corrected chi connectivity index (χ2v) is 9.54. The number of nitrogens with zero attached hydrogens (tertiary/aromatic N) is 3. The van der Waals surface area contributed by atoms with Gasteiger partial charge in [0.2, 0.25) is 0 Å². The first-order chi connectivity index (χ1) is 13.9. The molecule has 0 saturated carbocycles. The summed E-state index contributed by atoms with van der Waals surface area (Å²) < 4.78 is 24.4. The Kier molecular flexibility index (Phi) is 5.12. The maximum absolute atomic E-state index is 13.2. The van der Waals surface area contributed by atoms with Crippen LogP contribution in [-0.2, 0) is 16.4 Å². The average molecular weight is 424 g/mol. The predicted octanol–water partition coefficient (Wildman–Crippen LogP) is 3.94. The number of thiazole rings is 1. The van der Waals surface area contributed by atoms with E-state index in [2.05, 4.69) is 9.97 Å². The first-order valence-corrected chi connectivity index (χ1v) is 11.5. The number of rotatable bonds is 5. The smallest absolute Gasteiger partial charge is 0.260 e. The number of aromatic nitrogens is 2. The lowest BCUT2D eigenvalue weighted by molar-refractivity contribution is 0.0985. The van der Waals surface area contributed by atoms with Crippen LogP contribution in [-0.4, -0.2) is 30.5 Å². The summed E-state index contributed by atoms with van der Waals surface area (Å²) in [6.45, 7) is 0.306. The van der Waals surface area contributed by atoms with Gasteiger partial charge in [-0.1, -0.05) is 35.6 Å². The molecule has 0 bridgehead atoms. The van der Waals surface area contributed by atoms with Crippen LogP contribution in [0.2, 0.25) is 0 Å². The lowest BCUT2D eigenvalue weighted by Gasteiger charge is -2.20. The van der Waals surface area contributed by atoms with Gasteiger partial charge in [-0.2, -0.15) is 0 Å². The molecule has 0 aliphatic carbocycles. The SMILES string of the molecule is CS(=O)(=O)c1ccc2nc(N(Cc3cccnc3)C(=O)c3ccccc3)sc2c1. The van der Waals surface area contributed by atoms with E-state index in [-0.39, 0.29) is 10.8 Å². The van der Waals surface area contributed by atoms with Gasteiger partial charge in [0.25, 0.3) is 5.91 Å². The Balaban J connectivity index is 1.78. The van der Waals surface area contributed by atoms with Gasteiger partial charge in [-0.3, -0.25) is 14.7 Å². The van der Waals surface area contributed by atoms with E-state index >= 15 is 0 Å². The second-order valence-electron chi connectivity index (χ2n) is 6.52. The Morgan fingerprint density at radius 2 is 1.86 bits per heavy atom. The van der Waals surface area contributed by atoms with Crippen LogP contribution in [0, 0.1) is 0 Å². The van der Waals surface area contributed by atoms with Crippen molar-refractivity contribution in [1.29, 1.82) is 0 Å². The van der Waals surface area contributed by atoms with E-state index < -0.39 is 9.84 Å². The Morgan fingerprint density at radius 1 is 1.07 bits per heavy atom. The van der Waals surface area contributed by atoms with E-state index in [4.69, 9.17) is 0 Å². The number of sulfone groups is 1. The molecule has 0 atom stereocenters. The maximum Gasteiger partial charge on any atom is 0.260 e. The minimum atomic E-state index is -3.32. The fraction of sp³-hybridized carbons (Fsp3) is 0.0952. The molecule has 0 fully saturated rings. The fourth-order valence-corrected chi connectivity index (χ4v) is 4.60. The number of fused-ring (bicyclic) bond motifs is 1. The van der Waals surface area contributed by atoms with Gasteiger partial charge in [0.1, 0.15) is 0 Å². The zero-order valence-electron chi connectivity index (χ0n) is 15.5. The number of carbonyl (C=O) groups is 1. The van der Waals surface area contributed by atoms with Gasteiger partial charge in [-0.05, 0) is 42.0 Å². The minimum Gasteiger partial charge on any atom is -0.279 e. The van der Waals surface area contributed by atoms with E-state index in [1.807, 2.05) is 30.3 Å². The Bertz CT molecular complexity index is 1270. The molecule has 29 heavy (non-hydrogen) atoms. The molecule has 4 aromatic rings. The first kappa shape index (κ1) is 19.2. The molecule has 0 aliphatic rings. The Hall–Kier alpha value is -3.10. The Labute approximate surface area is 172 Å². The molecule has 4 rings (SSSR count). The van der Waals surface area contributed by atoms with E-state index in [1.165, 1.54) is 23.7 Å². The number of anilines is 1. The van der Waals surface area contributed by atoms with Gasteiger partial charge in [0.05, 0.1) is 21.7 Å². The largest absolute Gasteiger partial charge is 0.279 e. The third kappa shape index (κ3) is 4.18. The summed E-state index contributed by atoms with van der Waals surface area (Å²) in [5.74, 6) is -0.183. The van der Waals surface area contributed by atoms with Crippen LogP contribution in [0.1, 0.15) is 15.9 Å². The van der Waals surface area contributed by atoms with E-state index in [9.17, 15) is 13.2 Å². The van der Waals surface area contributed by atoms with Crippen molar-refractivity contribution in [2.24, 2.45) is 0 Å². The number of pyridine rings is 1. The van der Waals surface area contributed by atoms with Crippen molar-refractivity contribution in [3.05, 3.63) is 84.2 Å². The average Bonchev–Trinajstić information content (AvgIpc) is 3.15. The number of carbonyl (C=O) groups excluding carboxylic acids is 1. The topological polar surface area (TPSA) is 80.2 Å². The van der Waals surface area contributed by atoms with E-state index in [0.29, 0.717) is 27.5 Å². The highest BCUT2D eigenvalue weighted by molar-refractivity contribution is 7.90. The molecule has 2 heterocycles. The second kappa shape index (κ2) is 7.73. The summed E-state index contributed by atoms with van der Waals surface area (Å²) in [7, 11) is -3.32. The van der Waals surface area contributed by atoms with Crippen LogP contribution in [0.15, 0.2) is 78.0 Å². The standard InChI is InChI=1S/C21H17N3O3S2/c1-29(26,27)17-9-10-18-19(12-17)28-21(23-18)24(14-15-6-5-11-22-13-15)20(25)16-7-3-2-4-8-16/h2-13H,14H2,1H3. The molecule has 1 amide bonds. The summed E-state index contributed by atoms with van der Waals surface area (Å²) in [6.07, 6.45) is 4.56. The van der Waals surface area contributed by atoms with Gasteiger partial charge in [0, 0.05) is 24.2 Å². The molecule has 0 N–H and O–H groups in total. The van der Waals surface area contributed by atoms with Crippen molar-refractivity contribution < 1.29 is 13.2 Å². The molecular weight excluding hydrogens is 406 g/mol. The molecule has 6 nitrogen and oxygen atoms in total. The summed E-state index contributed by atoms with van der Waals surface area (Å²) in [5.41, 5.74) is 2.06. The fourth-order valence-electron chi connectivity index (χ4n) is 2.88. The van der Waals surface area contributed by atoms with Crippen LogP contribution in [0.4, 0.5) is 5.13 Å². The van der Waals surface area contributed by atoms with Crippen LogP contribution < -0.4 is 4.90 Å². The van der Waals surface area contributed by atoms with Crippen molar-refractivity contribution in [2.45, 2.75) is 11.4 Å². The van der Waals surface area contributed by atoms with Crippen LogP contribution >= 0.6 is 11.3 Å². The molecule has 0 spiro atoms. The van der Waals surface area contributed by atoms with Gasteiger partial charge < -0.3 is 0 Å². The first-order valence-electron chi connectivity index (χ1n) is 8.78. The van der Waals surface area contributed by atoms with E-state index in [1.54, 1.807) is 41.6 Å². The van der Waals surface area contributed by atoms with Crippen LogP contribution in [0.3, 0.4) is 0 Å². The van der Waals surface area contributed by atoms with Crippen molar-refractivity contribution in [3.8, 4) is 0 Å². The highest BCUT2D eigenvalue weighted by Crippen LogP contribution is 2.32. The number of amides is 1. The van der Waals surface area contributed by atoms with Gasteiger partial charge in [-0.25, -0.2) is 13.4 Å². The van der Waals surface area contributed by atoms with E-state index in [0.717, 1.165) is 5.56 Å². The maximum atomic E-state index is 13.2. The quantitative estimate of drug-likeness (QED) is 0.486. The van der Waals surface area contributed by atoms with Crippen LogP contribution in [0.25, 0.3) is 10.2 Å². The van der Waals surface area contributed by atoms with Crippen molar-refractivity contribution in [3.63, 3.8) is 0 Å². The summed E-state index contributed by atoms with van der Waals surface area (Å²) in [4.78, 5) is 23.8. The summed E-state index contributed by atoms with van der Waals surface area (Å²) in [5, 5.41) is 0.503. The van der Waals surface area contributed by atoms with Crippen molar-refractivity contribution in [1.82, 2.24) is 9.97 Å². The van der Waals surface area contributed by atoms with Crippen LogP contribution in [0.5, 0.6) is 0 Å². The predicted molar refractivity (Wildman–Crippen MR) is 114 cm³/mol. The molecular formula is C21H17N3O3S2. The number of hydrogen-bond acceptors (Lipinski definition) is 6. The lowest BCUT2D eigenvalue weighted by atomic mass is 10.2. The molecule has 2 aromatic carbocycles. The number of hydrogen-bond donors (Lipinski definition) is 0. The lowest BCUT2D eigenvalue weighted by Crippen LogP contribution is -2.30. The molecule has 2 aromatic heterocycles. The highest BCUT2D eigenvalue weighted by Gasteiger charge is 2.22. The Morgan fingerprint density at radius 3 is 2.55 bits per heavy atom. The third-order valence-corrected chi connectivity index (χ3v) is 6.49. The van der Waals surface area contributed by atoms with Gasteiger partial charge in [0.15, 0.2) is 15.0 Å². The molecule has 0 unspecified atom stereocenters. The normalized spacial score (nSPS) is 11.5. The van der Waals surface area contributed by atoms with Crippen molar-refractivity contribution in [2.75, 3.05) is 11.2 Å². The highest BCUT2D eigenvalue weighted by atomic mass is 32.2. The van der Waals surface area contributed by atoms with Crippen molar-refractivity contribution >= 4 is 42.4 Å². The number of benzene rings is 2. The third-order valence-electron chi connectivity index (χ3n) is 4.34. The molecule has 146 valence electrons. The molecule has 8 heteroatoms. The zero-order chi connectivity index (χ0) is 20.4.